The molecule has 0 atom stereocenters. The van der Waals surface area contributed by atoms with E-state index < -0.39 is 5.97 Å². The van der Waals surface area contributed by atoms with Gasteiger partial charge < -0.3 is 10.4 Å². The molecule has 1 aromatic heterocycles. The third-order valence-electron chi connectivity index (χ3n) is 3.42. The van der Waals surface area contributed by atoms with Gasteiger partial charge in [-0.3, -0.25) is 0 Å². The third-order valence-corrected chi connectivity index (χ3v) is 3.42. The number of anilines is 1. The molecule has 4 nitrogen and oxygen atoms in total. The fourth-order valence-electron chi connectivity index (χ4n) is 1.92. The summed E-state index contributed by atoms with van der Waals surface area (Å²) in [5.41, 5.74) is 1.03. The van der Waals surface area contributed by atoms with Gasteiger partial charge in [-0.2, -0.15) is 0 Å². The zero-order valence-corrected chi connectivity index (χ0v) is 10.7. The number of carboxylic acids is 1. The predicted molar refractivity (Wildman–Crippen MR) is 68.4 cm³/mol. The van der Waals surface area contributed by atoms with Crippen LogP contribution in [0.5, 0.6) is 0 Å². The number of carbonyl (C=O) groups is 1. The van der Waals surface area contributed by atoms with Crippen molar-refractivity contribution in [3.8, 4) is 0 Å². The summed E-state index contributed by atoms with van der Waals surface area (Å²) in [6, 6.07) is 3.29. The molecule has 0 amide bonds. The van der Waals surface area contributed by atoms with E-state index >= 15 is 0 Å². The fraction of sp³-hybridized carbons (Fsp3) is 0.538. The van der Waals surface area contributed by atoms with Gasteiger partial charge in [0.2, 0.25) is 0 Å². The van der Waals surface area contributed by atoms with Crippen LogP contribution >= 0.6 is 0 Å². The minimum atomic E-state index is -0.996. The molecule has 0 aromatic carbocycles. The molecule has 0 unspecified atom stereocenters. The predicted octanol–water partition coefficient (Wildman–Crippen LogP) is 3.16. The number of nitrogens with one attached hydrogen (secondary N) is 1. The van der Waals surface area contributed by atoms with Gasteiger partial charge in [0.05, 0.1) is 11.9 Å². The maximum absolute atomic E-state index is 10.7. The van der Waals surface area contributed by atoms with Gasteiger partial charge in [-0.15, -0.1) is 0 Å². The summed E-state index contributed by atoms with van der Waals surface area (Å²) in [6.07, 6.45) is 4.67. The molecule has 1 rings (SSSR count). The van der Waals surface area contributed by atoms with Crippen molar-refractivity contribution in [2.75, 3.05) is 5.32 Å². The number of hydrogen-bond donors (Lipinski definition) is 2. The van der Waals surface area contributed by atoms with Crippen molar-refractivity contribution in [1.29, 1.82) is 0 Å². The highest BCUT2D eigenvalue weighted by molar-refractivity contribution is 5.85. The minimum Gasteiger partial charge on any atom is -0.477 e. The van der Waals surface area contributed by atoms with Crippen LogP contribution < -0.4 is 5.32 Å². The molecule has 0 radical (unpaired) electrons. The molecular formula is C13H20N2O2. The molecular weight excluding hydrogens is 216 g/mol. The average molecular weight is 236 g/mol. The van der Waals surface area contributed by atoms with Crippen molar-refractivity contribution >= 4 is 11.7 Å². The summed E-state index contributed by atoms with van der Waals surface area (Å²) in [5, 5.41) is 12.2. The van der Waals surface area contributed by atoms with Gasteiger partial charge >= 0.3 is 5.97 Å². The highest BCUT2D eigenvalue weighted by atomic mass is 16.4. The molecule has 0 bridgehead atoms. The second kappa shape index (κ2) is 5.66. The standard InChI is InChI=1S/C13H20N2O2/c1-4-13(5-2,6-3)15-10-7-8-11(12(16)17)14-9-10/h7-9,15H,4-6H2,1-3H3,(H,16,17). The van der Waals surface area contributed by atoms with Crippen LogP contribution in [0.15, 0.2) is 18.3 Å². The normalized spacial score (nSPS) is 11.2. The first-order valence-corrected chi connectivity index (χ1v) is 6.04. The lowest BCUT2D eigenvalue weighted by molar-refractivity contribution is 0.0690. The van der Waals surface area contributed by atoms with E-state index in [1.807, 2.05) is 0 Å². The lowest BCUT2D eigenvalue weighted by Crippen LogP contribution is -2.36. The van der Waals surface area contributed by atoms with Crippen LogP contribution in [0.25, 0.3) is 0 Å². The minimum absolute atomic E-state index is 0.0747. The molecule has 0 aliphatic rings. The largest absolute Gasteiger partial charge is 0.477 e. The molecule has 0 saturated heterocycles. The number of pyridine rings is 1. The van der Waals surface area contributed by atoms with Gasteiger partial charge in [0.25, 0.3) is 0 Å². The fourth-order valence-corrected chi connectivity index (χ4v) is 1.92. The van der Waals surface area contributed by atoms with Gasteiger partial charge in [0, 0.05) is 5.54 Å². The number of hydrogen-bond acceptors (Lipinski definition) is 3. The van der Waals surface area contributed by atoms with Crippen molar-refractivity contribution < 1.29 is 9.90 Å². The zero-order valence-electron chi connectivity index (χ0n) is 10.7. The number of aromatic carboxylic acids is 1. The Balaban J connectivity index is 2.84. The topological polar surface area (TPSA) is 62.2 Å². The Morgan fingerprint density at radius 2 is 1.88 bits per heavy atom. The molecule has 0 saturated carbocycles. The highest BCUT2D eigenvalue weighted by Gasteiger charge is 2.23. The summed E-state index contributed by atoms with van der Waals surface area (Å²) in [6.45, 7) is 6.46. The van der Waals surface area contributed by atoms with Crippen molar-refractivity contribution in [3.63, 3.8) is 0 Å². The Hall–Kier alpha value is -1.58. The molecule has 0 aliphatic heterocycles. The van der Waals surface area contributed by atoms with Gasteiger partial charge in [-0.05, 0) is 31.4 Å². The maximum atomic E-state index is 10.7. The first-order chi connectivity index (χ1) is 8.06. The van der Waals surface area contributed by atoms with E-state index in [0.29, 0.717) is 0 Å². The zero-order chi connectivity index (χ0) is 12.9. The smallest absolute Gasteiger partial charge is 0.354 e. The highest BCUT2D eigenvalue weighted by Crippen LogP contribution is 2.25. The van der Waals surface area contributed by atoms with Crippen molar-refractivity contribution in [2.45, 2.75) is 45.6 Å². The van der Waals surface area contributed by atoms with Gasteiger partial charge in [-0.1, -0.05) is 20.8 Å². The first-order valence-electron chi connectivity index (χ1n) is 6.04. The van der Waals surface area contributed by atoms with Crippen LogP contribution in [-0.2, 0) is 0 Å². The summed E-state index contributed by atoms with van der Waals surface area (Å²) >= 11 is 0. The van der Waals surface area contributed by atoms with Crippen LogP contribution in [-0.4, -0.2) is 21.6 Å². The third kappa shape index (κ3) is 3.19. The van der Waals surface area contributed by atoms with Crippen molar-refractivity contribution in [1.82, 2.24) is 4.98 Å². The van der Waals surface area contributed by atoms with Gasteiger partial charge in [0.15, 0.2) is 0 Å². The Kier molecular flexibility index (Phi) is 4.49. The lowest BCUT2D eigenvalue weighted by Gasteiger charge is -2.32. The number of aromatic nitrogens is 1. The molecule has 0 fully saturated rings. The summed E-state index contributed by atoms with van der Waals surface area (Å²) < 4.78 is 0. The Bertz CT molecular complexity index is 361. The molecule has 0 aliphatic carbocycles. The van der Waals surface area contributed by atoms with E-state index in [2.05, 4.69) is 31.1 Å². The van der Waals surface area contributed by atoms with Crippen LogP contribution in [0, 0.1) is 0 Å². The molecule has 1 heterocycles. The molecule has 94 valence electrons. The lowest BCUT2D eigenvalue weighted by atomic mass is 9.89. The van der Waals surface area contributed by atoms with Crippen molar-refractivity contribution in [2.24, 2.45) is 0 Å². The summed E-state index contributed by atoms with van der Waals surface area (Å²) in [7, 11) is 0. The van der Waals surface area contributed by atoms with Gasteiger partial charge in [0.1, 0.15) is 5.69 Å². The van der Waals surface area contributed by atoms with Crippen molar-refractivity contribution in [3.05, 3.63) is 24.0 Å². The van der Waals surface area contributed by atoms with E-state index in [4.69, 9.17) is 5.11 Å². The average Bonchev–Trinajstić information content (AvgIpc) is 2.37. The number of carboxylic acid groups (broad SMARTS) is 1. The SMILES string of the molecule is CCC(CC)(CC)Nc1ccc(C(=O)O)nc1. The molecule has 1 aromatic rings. The molecule has 17 heavy (non-hydrogen) atoms. The monoisotopic (exact) mass is 236 g/mol. The number of nitrogens with zero attached hydrogens (tertiary/aromatic N) is 1. The first kappa shape index (κ1) is 13.5. The quantitative estimate of drug-likeness (QED) is 0.796. The van der Waals surface area contributed by atoms with Crippen LogP contribution in [0.1, 0.15) is 50.5 Å². The Morgan fingerprint density at radius 3 is 2.24 bits per heavy atom. The number of rotatable bonds is 6. The van der Waals surface area contributed by atoms with E-state index in [1.165, 1.54) is 6.07 Å². The van der Waals surface area contributed by atoms with Crippen LogP contribution in [0.3, 0.4) is 0 Å². The van der Waals surface area contributed by atoms with E-state index in [9.17, 15) is 4.79 Å². The Morgan fingerprint density at radius 1 is 1.29 bits per heavy atom. The second-order valence-corrected chi connectivity index (χ2v) is 4.20. The van der Waals surface area contributed by atoms with E-state index in [0.717, 1.165) is 24.9 Å². The van der Waals surface area contributed by atoms with Crippen LogP contribution in [0.2, 0.25) is 0 Å². The summed E-state index contributed by atoms with van der Waals surface area (Å²) in [5.74, 6) is -0.996. The van der Waals surface area contributed by atoms with Gasteiger partial charge in [-0.25, -0.2) is 9.78 Å². The summed E-state index contributed by atoms with van der Waals surface area (Å²) in [4.78, 5) is 14.6. The second-order valence-electron chi connectivity index (χ2n) is 4.20. The maximum Gasteiger partial charge on any atom is 0.354 e. The molecule has 4 heteroatoms. The van der Waals surface area contributed by atoms with Crippen LogP contribution in [0.4, 0.5) is 5.69 Å². The molecule has 0 spiro atoms. The van der Waals surface area contributed by atoms with E-state index in [1.54, 1.807) is 12.3 Å². The van der Waals surface area contributed by atoms with E-state index in [-0.39, 0.29) is 11.2 Å². The Labute approximate surface area is 102 Å². The molecule has 2 N–H and O–H groups in total.